The second-order valence-corrected chi connectivity index (χ2v) is 13.1. The molecule has 164 valence electrons. The predicted molar refractivity (Wildman–Crippen MR) is 125 cm³/mol. The molecule has 0 bridgehead atoms. The fourth-order valence-corrected chi connectivity index (χ4v) is 8.81. The van der Waals surface area contributed by atoms with Crippen molar-refractivity contribution in [2.75, 3.05) is 6.61 Å². The van der Waals surface area contributed by atoms with Gasteiger partial charge in [-0.1, -0.05) is 88.4 Å². The van der Waals surface area contributed by atoms with Crippen molar-refractivity contribution in [1.29, 1.82) is 0 Å². The van der Waals surface area contributed by atoms with E-state index in [0.29, 0.717) is 12.4 Å². The van der Waals surface area contributed by atoms with Crippen molar-refractivity contribution >= 4 is 24.8 Å². The molecule has 2 N–H and O–H groups in total. The summed E-state index contributed by atoms with van der Waals surface area (Å²) in [5.41, 5.74) is 5.34. The van der Waals surface area contributed by atoms with E-state index in [1.165, 1.54) is 10.4 Å². The number of primary amides is 1. The number of hydrogen-bond donors (Lipinski definition) is 1. The van der Waals surface area contributed by atoms with Crippen LogP contribution in [0.3, 0.4) is 0 Å². The highest BCUT2D eigenvalue weighted by Gasteiger charge is 2.50. The molecule has 31 heavy (non-hydrogen) atoms. The molecule has 1 aromatic heterocycles. The minimum atomic E-state index is -2.69. The number of furan rings is 1. The fourth-order valence-electron chi connectivity index (χ4n) is 4.14. The van der Waals surface area contributed by atoms with Gasteiger partial charge in [0.05, 0.1) is 6.26 Å². The second kappa shape index (κ2) is 9.54. The molecule has 0 fully saturated rings. The van der Waals surface area contributed by atoms with E-state index < -0.39 is 20.5 Å². The van der Waals surface area contributed by atoms with Gasteiger partial charge in [-0.15, -0.1) is 0 Å². The second-order valence-electron chi connectivity index (χ2n) is 8.82. The van der Waals surface area contributed by atoms with Gasteiger partial charge in [-0.3, -0.25) is 0 Å². The first-order valence-corrected chi connectivity index (χ1v) is 12.4. The summed E-state index contributed by atoms with van der Waals surface area (Å²) in [5.74, 6) is 0.387. The maximum absolute atomic E-state index is 11.5. The summed E-state index contributed by atoms with van der Waals surface area (Å²) in [5, 5.41) is 2.26. The monoisotopic (exact) mass is 437 g/mol. The summed E-state index contributed by atoms with van der Waals surface area (Å²) >= 11 is 0. The standard InChI is InChI=1S/C25H31NO4Si/c1-19(23(30-24(26)27)22-16-11-17-28-22)18-29-31(25(2,3)4,20-12-7-5-8-13-20)21-14-9-6-10-15-21/h5-17,19,23H,18H2,1-4H3,(H2,26,27). The first-order chi connectivity index (χ1) is 14.8. The largest absolute Gasteiger partial charge is 0.465 e. The van der Waals surface area contributed by atoms with Crippen molar-refractivity contribution in [3.05, 3.63) is 84.8 Å². The molecule has 6 heteroatoms. The molecule has 0 radical (unpaired) electrons. The molecule has 0 aliphatic carbocycles. The van der Waals surface area contributed by atoms with Gasteiger partial charge in [0.2, 0.25) is 0 Å². The van der Waals surface area contributed by atoms with E-state index in [1.54, 1.807) is 18.4 Å². The fraction of sp³-hybridized carbons (Fsp3) is 0.320. The van der Waals surface area contributed by atoms with Crippen LogP contribution in [0.4, 0.5) is 4.79 Å². The molecule has 2 unspecified atom stereocenters. The lowest BCUT2D eigenvalue weighted by Gasteiger charge is -2.43. The van der Waals surface area contributed by atoms with Gasteiger partial charge in [0.15, 0.2) is 6.10 Å². The van der Waals surface area contributed by atoms with Crippen LogP contribution in [0.1, 0.15) is 39.6 Å². The Morgan fingerprint density at radius 2 is 1.52 bits per heavy atom. The minimum Gasteiger partial charge on any atom is -0.465 e. The molecule has 0 spiro atoms. The summed E-state index contributed by atoms with van der Waals surface area (Å²) in [4.78, 5) is 11.5. The van der Waals surface area contributed by atoms with Crippen LogP contribution in [0, 0.1) is 5.92 Å². The number of carbonyl (C=O) groups is 1. The zero-order valence-electron chi connectivity index (χ0n) is 18.6. The third-order valence-corrected chi connectivity index (χ3v) is 10.6. The van der Waals surface area contributed by atoms with E-state index in [2.05, 4.69) is 69.3 Å². The molecule has 1 amide bonds. The third-order valence-electron chi connectivity index (χ3n) is 5.56. The molecule has 2 aromatic carbocycles. The van der Waals surface area contributed by atoms with Gasteiger partial charge >= 0.3 is 6.09 Å². The van der Waals surface area contributed by atoms with Crippen molar-refractivity contribution in [2.24, 2.45) is 11.7 Å². The van der Waals surface area contributed by atoms with Gasteiger partial charge in [-0.2, -0.15) is 0 Å². The molecule has 5 nitrogen and oxygen atoms in total. The van der Waals surface area contributed by atoms with Crippen molar-refractivity contribution in [2.45, 2.75) is 38.8 Å². The van der Waals surface area contributed by atoms with Crippen LogP contribution in [0.25, 0.3) is 0 Å². The first kappa shape index (κ1) is 22.8. The molecule has 0 saturated heterocycles. The van der Waals surface area contributed by atoms with E-state index >= 15 is 0 Å². The van der Waals surface area contributed by atoms with Crippen molar-refractivity contribution in [1.82, 2.24) is 0 Å². The molecule has 0 aliphatic rings. The Morgan fingerprint density at radius 3 is 1.94 bits per heavy atom. The number of nitrogens with two attached hydrogens (primary N) is 1. The maximum Gasteiger partial charge on any atom is 0.405 e. The van der Waals surface area contributed by atoms with Crippen LogP contribution < -0.4 is 16.1 Å². The number of benzene rings is 2. The molecular formula is C25H31NO4Si. The Kier molecular flexibility index (Phi) is 7.03. The first-order valence-electron chi connectivity index (χ1n) is 10.5. The van der Waals surface area contributed by atoms with Crippen LogP contribution in [0.5, 0.6) is 0 Å². The molecule has 0 aliphatic heterocycles. The molecule has 1 heterocycles. The highest BCUT2D eigenvalue weighted by molar-refractivity contribution is 6.99. The van der Waals surface area contributed by atoms with Gasteiger partial charge in [0.25, 0.3) is 8.32 Å². The van der Waals surface area contributed by atoms with Crippen LogP contribution in [-0.2, 0) is 9.16 Å². The van der Waals surface area contributed by atoms with Crippen molar-refractivity contribution in [3.63, 3.8) is 0 Å². The molecule has 3 rings (SSSR count). The summed E-state index contributed by atoms with van der Waals surface area (Å²) in [6.45, 7) is 9.05. The highest BCUT2D eigenvalue weighted by Crippen LogP contribution is 2.38. The van der Waals surface area contributed by atoms with E-state index in [0.717, 1.165) is 0 Å². The molecule has 0 saturated carbocycles. The topological polar surface area (TPSA) is 74.7 Å². The number of hydrogen-bond acceptors (Lipinski definition) is 4. The third kappa shape index (κ3) is 4.92. The average Bonchev–Trinajstić information content (AvgIpc) is 3.27. The Morgan fingerprint density at radius 1 is 0.968 bits per heavy atom. The van der Waals surface area contributed by atoms with E-state index in [9.17, 15) is 4.79 Å². The Balaban J connectivity index is 2.00. The Labute approximate surface area is 185 Å². The zero-order valence-corrected chi connectivity index (χ0v) is 19.6. The van der Waals surface area contributed by atoms with E-state index in [4.69, 9.17) is 19.3 Å². The smallest absolute Gasteiger partial charge is 0.405 e. The predicted octanol–water partition coefficient (Wildman–Crippen LogP) is 4.63. The summed E-state index contributed by atoms with van der Waals surface area (Å²) < 4.78 is 17.9. The average molecular weight is 438 g/mol. The lowest BCUT2D eigenvalue weighted by Crippen LogP contribution is -2.67. The minimum absolute atomic E-state index is 0.139. The number of carbonyl (C=O) groups excluding carboxylic acids is 1. The summed E-state index contributed by atoms with van der Waals surface area (Å²) in [7, 11) is -2.69. The zero-order chi connectivity index (χ0) is 22.5. The normalized spacial score (nSPS) is 14.1. The lowest BCUT2D eigenvalue weighted by atomic mass is 10.0. The molecule has 3 aromatic rings. The van der Waals surface area contributed by atoms with Crippen LogP contribution in [0.2, 0.25) is 5.04 Å². The van der Waals surface area contributed by atoms with E-state index in [-0.39, 0.29) is 11.0 Å². The quantitative estimate of drug-likeness (QED) is 0.522. The number of ether oxygens (including phenoxy) is 1. The number of rotatable bonds is 8. The molecule has 2 atom stereocenters. The van der Waals surface area contributed by atoms with Crippen molar-refractivity contribution < 1.29 is 18.4 Å². The SMILES string of the molecule is CC(CO[Si](c1ccccc1)(c1ccccc1)C(C)(C)C)C(OC(N)=O)c1ccco1. The van der Waals surface area contributed by atoms with Crippen LogP contribution >= 0.6 is 0 Å². The van der Waals surface area contributed by atoms with Crippen molar-refractivity contribution in [3.8, 4) is 0 Å². The summed E-state index contributed by atoms with van der Waals surface area (Å²) in [6, 6.07) is 24.4. The highest BCUT2D eigenvalue weighted by atomic mass is 28.4. The lowest BCUT2D eigenvalue weighted by molar-refractivity contribution is 0.0396. The van der Waals surface area contributed by atoms with Gasteiger partial charge in [-0.25, -0.2) is 4.79 Å². The number of amides is 1. The van der Waals surface area contributed by atoms with Gasteiger partial charge in [0.1, 0.15) is 5.76 Å². The van der Waals surface area contributed by atoms with Gasteiger partial charge in [0, 0.05) is 12.5 Å². The summed E-state index contributed by atoms with van der Waals surface area (Å²) in [6.07, 6.45) is 0.104. The van der Waals surface area contributed by atoms with Crippen LogP contribution in [-0.4, -0.2) is 21.0 Å². The Hall–Kier alpha value is -2.83. The van der Waals surface area contributed by atoms with Gasteiger partial charge < -0.3 is 19.3 Å². The molecular weight excluding hydrogens is 406 g/mol. The van der Waals surface area contributed by atoms with Gasteiger partial charge in [-0.05, 0) is 27.5 Å². The van der Waals surface area contributed by atoms with E-state index in [1.807, 2.05) is 19.1 Å². The maximum atomic E-state index is 11.5. The van der Waals surface area contributed by atoms with Crippen LogP contribution in [0.15, 0.2) is 83.5 Å². The Bertz CT molecular complexity index is 913.